The number of fused-ring (bicyclic) bond motifs is 1. The lowest BCUT2D eigenvalue weighted by molar-refractivity contribution is -0.137. The Hall–Kier alpha value is -2.57. The van der Waals surface area contributed by atoms with Gasteiger partial charge in [-0.25, -0.2) is 0 Å². The maximum Gasteiger partial charge on any atom is 0.323 e. The van der Waals surface area contributed by atoms with Crippen molar-refractivity contribution in [1.82, 2.24) is 4.90 Å². The van der Waals surface area contributed by atoms with E-state index in [1.54, 1.807) is 12.1 Å². The Morgan fingerprint density at radius 3 is 2.86 bits per heavy atom. The maximum absolute atomic E-state index is 12.3. The van der Waals surface area contributed by atoms with Gasteiger partial charge in [0.15, 0.2) is 6.61 Å². The van der Waals surface area contributed by atoms with Crippen molar-refractivity contribution in [3.8, 4) is 5.75 Å². The monoisotopic (exact) mass is 292 g/mol. The second-order valence-electron chi connectivity index (χ2n) is 4.67. The zero-order chi connectivity index (χ0) is 15.4. The van der Waals surface area contributed by atoms with Gasteiger partial charge in [0.25, 0.3) is 11.8 Å². The van der Waals surface area contributed by atoms with E-state index in [0.29, 0.717) is 30.0 Å². The third-order valence-electron chi connectivity index (χ3n) is 2.97. The largest absolute Gasteiger partial charge is 0.482 e. The van der Waals surface area contributed by atoms with Crippen LogP contribution in [-0.2, 0) is 9.59 Å². The normalized spacial score (nSPS) is 12.9. The molecule has 2 rings (SSSR count). The third-order valence-corrected chi connectivity index (χ3v) is 2.97. The first-order chi connectivity index (χ1) is 10.0. The molecule has 0 spiro atoms. The average molecular weight is 292 g/mol. The lowest BCUT2D eigenvalue weighted by Crippen LogP contribution is -2.36. The molecule has 112 valence electrons. The molecule has 1 aromatic carbocycles. The standard InChI is InChI=1S/C14H16N2O5/c1-2-5-16(7-13(18)19)14(20)9-3-4-11-10(6-9)15-12(17)8-21-11/h3-4,6H,2,5,7-8H2,1H3,(H,15,17)(H,18,19). The van der Waals surface area contributed by atoms with E-state index in [9.17, 15) is 14.4 Å². The first kappa shape index (κ1) is 14.8. The van der Waals surface area contributed by atoms with Crippen molar-refractivity contribution in [2.45, 2.75) is 13.3 Å². The Bertz CT molecular complexity index is 585. The van der Waals surface area contributed by atoms with Crippen molar-refractivity contribution in [2.75, 3.05) is 25.0 Å². The Balaban J connectivity index is 2.23. The number of rotatable bonds is 5. The molecule has 2 amide bonds. The fourth-order valence-electron chi connectivity index (χ4n) is 2.08. The molecule has 0 aliphatic carbocycles. The minimum Gasteiger partial charge on any atom is -0.482 e. The molecule has 0 atom stereocenters. The smallest absolute Gasteiger partial charge is 0.323 e. The minimum absolute atomic E-state index is 0.0543. The van der Waals surface area contributed by atoms with Gasteiger partial charge in [-0.15, -0.1) is 0 Å². The Morgan fingerprint density at radius 1 is 1.43 bits per heavy atom. The highest BCUT2D eigenvalue weighted by molar-refractivity contribution is 6.00. The van der Waals surface area contributed by atoms with E-state index in [1.807, 2.05) is 6.92 Å². The fourth-order valence-corrected chi connectivity index (χ4v) is 2.08. The van der Waals surface area contributed by atoms with Crippen molar-refractivity contribution >= 4 is 23.5 Å². The SMILES string of the molecule is CCCN(CC(=O)O)C(=O)c1ccc2c(c1)NC(=O)CO2. The van der Waals surface area contributed by atoms with Gasteiger partial charge in [0.1, 0.15) is 12.3 Å². The average Bonchev–Trinajstić information content (AvgIpc) is 2.44. The van der Waals surface area contributed by atoms with Gasteiger partial charge in [-0.2, -0.15) is 0 Å². The molecular formula is C14H16N2O5. The van der Waals surface area contributed by atoms with Crippen molar-refractivity contribution in [1.29, 1.82) is 0 Å². The molecule has 0 bridgehead atoms. The van der Waals surface area contributed by atoms with Crippen LogP contribution in [0.2, 0.25) is 0 Å². The van der Waals surface area contributed by atoms with Crippen LogP contribution in [0.4, 0.5) is 5.69 Å². The summed E-state index contributed by atoms with van der Waals surface area (Å²) in [5, 5.41) is 11.5. The molecule has 1 aromatic rings. The molecule has 0 saturated carbocycles. The summed E-state index contributed by atoms with van der Waals surface area (Å²) in [5.41, 5.74) is 0.734. The van der Waals surface area contributed by atoms with E-state index >= 15 is 0 Å². The number of carboxylic acids is 1. The lowest BCUT2D eigenvalue weighted by atomic mass is 10.1. The van der Waals surface area contributed by atoms with Gasteiger partial charge < -0.3 is 20.1 Å². The zero-order valence-corrected chi connectivity index (χ0v) is 11.6. The van der Waals surface area contributed by atoms with Crippen LogP contribution in [0.15, 0.2) is 18.2 Å². The molecule has 7 nitrogen and oxygen atoms in total. The van der Waals surface area contributed by atoms with E-state index in [-0.39, 0.29) is 25.0 Å². The van der Waals surface area contributed by atoms with Gasteiger partial charge in [-0.1, -0.05) is 6.92 Å². The molecule has 21 heavy (non-hydrogen) atoms. The highest BCUT2D eigenvalue weighted by atomic mass is 16.5. The van der Waals surface area contributed by atoms with E-state index in [1.165, 1.54) is 11.0 Å². The number of benzene rings is 1. The van der Waals surface area contributed by atoms with Crippen LogP contribution in [0.5, 0.6) is 5.75 Å². The van der Waals surface area contributed by atoms with Crippen LogP contribution in [0.3, 0.4) is 0 Å². The Labute approximate surface area is 121 Å². The number of nitrogens with zero attached hydrogens (tertiary/aromatic N) is 1. The number of carbonyl (C=O) groups is 3. The summed E-state index contributed by atoms with van der Waals surface area (Å²) < 4.78 is 5.21. The van der Waals surface area contributed by atoms with Crippen LogP contribution < -0.4 is 10.1 Å². The molecule has 1 aliphatic rings. The van der Waals surface area contributed by atoms with Crippen LogP contribution in [-0.4, -0.2) is 47.5 Å². The van der Waals surface area contributed by atoms with E-state index in [0.717, 1.165) is 0 Å². The summed E-state index contributed by atoms with van der Waals surface area (Å²) in [4.78, 5) is 35.7. The summed E-state index contributed by atoms with van der Waals surface area (Å²) in [5.74, 6) is -1.25. The van der Waals surface area contributed by atoms with E-state index in [4.69, 9.17) is 9.84 Å². The first-order valence-electron chi connectivity index (χ1n) is 6.59. The summed E-state index contributed by atoms with van der Waals surface area (Å²) >= 11 is 0. The van der Waals surface area contributed by atoms with E-state index < -0.39 is 5.97 Å². The van der Waals surface area contributed by atoms with Crippen molar-refractivity contribution in [2.24, 2.45) is 0 Å². The number of hydrogen-bond acceptors (Lipinski definition) is 4. The summed E-state index contributed by atoms with van der Waals surface area (Å²) in [6.07, 6.45) is 0.657. The zero-order valence-electron chi connectivity index (χ0n) is 11.6. The molecule has 0 radical (unpaired) electrons. The topological polar surface area (TPSA) is 95.9 Å². The number of anilines is 1. The molecule has 7 heteroatoms. The van der Waals surface area contributed by atoms with Gasteiger partial charge in [0.05, 0.1) is 5.69 Å². The Kier molecular flexibility index (Phi) is 4.42. The Morgan fingerprint density at radius 2 is 2.19 bits per heavy atom. The third kappa shape index (κ3) is 3.50. The fraction of sp³-hybridized carbons (Fsp3) is 0.357. The highest BCUT2D eigenvalue weighted by Crippen LogP contribution is 2.28. The number of carbonyl (C=O) groups excluding carboxylic acids is 2. The number of ether oxygens (including phenoxy) is 1. The van der Waals surface area contributed by atoms with Crippen LogP contribution in [0, 0.1) is 0 Å². The van der Waals surface area contributed by atoms with Gasteiger partial charge >= 0.3 is 5.97 Å². The predicted molar refractivity (Wildman–Crippen MR) is 74.4 cm³/mol. The van der Waals surface area contributed by atoms with Gasteiger partial charge in [0.2, 0.25) is 0 Å². The lowest BCUT2D eigenvalue weighted by Gasteiger charge is -2.22. The molecule has 1 aliphatic heterocycles. The number of hydrogen-bond donors (Lipinski definition) is 2. The molecule has 0 saturated heterocycles. The van der Waals surface area contributed by atoms with Crippen LogP contribution in [0.25, 0.3) is 0 Å². The second-order valence-corrected chi connectivity index (χ2v) is 4.67. The summed E-state index contributed by atoms with van der Waals surface area (Å²) in [6.45, 7) is 1.81. The number of carboxylic acid groups (broad SMARTS) is 1. The molecular weight excluding hydrogens is 276 g/mol. The molecule has 0 unspecified atom stereocenters. The van der Waals surface area contributed by atoms with Crippen molar-refractivity contribution in [3.63, 3.8) is 0 Å². The maximum atomic E-state index is 12.3. The number of amides is 2. The molecule has 2 N–H and O–H groups in total. The quantitative estimate of drug-likeness (QED) is 0.842. The van der Waals surface area contributed by atoms with Crippen LogP contribution >= 0.6 is 0 Å². The van der Waals surface area contributed by atoms with Gasteiger partial charge in [-0.05, 0) is 24.6 Å². The first-order valence-corrected chi connectivity index (χ1v) is 6.59. The van der Waals surface area contributed by atoms with Crippen molar-refractivity contribution in [3.05, 3.63) is 23.8 Å². The summed E-state index contributed by atoms with van der Waals surface area (Å²) in [7, 11) is 0. The van der Waals surface area contributed by atoms with Crippen LogP contribution in [0.1, 0.15) is 23.7 Å². The predicted octanol–water partition coefficient (Wildman–Crippen LogP) is 0.954. The summed E-state index contributed by atoms with van der Waals surface area (Å²) in [6, 6.07) is 4.65. The van der Waals surface area contributed by atoms with Crippen molar-refractivity contribution < 1.29 is 24.2 Å². The minimum atomic E-state index is -1.06. The van der Waals surface area contributed by atoms with Gasteiger partial charge in [-0.3, -0.25) is 14.4 Å². The number of nitrogens with one attached hydrogen (secondary N) is 1. The molecule has 1 heterocycles. The highest BCUT2D eigenvalue weighted by Gasteiger charge is 2.21. The number of aliphatic carboxylic acids is 1. The van der Waals surface area contributed by atoms with E-state index in [2.05, 4.69) is 5.32 Å². The second kappa shape index (κ2) is 6.25. The molecule has 0 aromatic heterocycles. The molecule has 0 fully saturated rings. The van der Waals surface area contributed by atoms with Gasteiger partial charge in [0, 0.05) is 12.1 Å².